The summed E-state index contributed by atoms with van der Waals surface area (Å²) in [6, 6.07) is 9.10. The first-order chi connectivity index (χ1) is 7.58. The molecule has 0 aliphatic rings. The molecule has 16 heavy (non-hydrogen) atoms. The molecule has 2 N–H and O–H groups in total. The Hall–Kier alpha value is -2.03. The molecule has 0 radical (unpaired) electrons. The molecule has 0 atom stereocenters. The van der Waals surface area contributed by atoms with Crippen LogP contribution in [0.2, 0.25) is 0 Å². The fraction of sp³-hybridized carbons (Fsp3) is 0.154. The smallest absolute Gasteiger partial charge is 0.255 e. The average Bonchev–Trinajstić information content (AvgIpc) is 2.22. The zero-order valence-corrected chi connectivity index (χ0v) is 9.40. The lowest BCUT2D eigenvalue weighted by atomic mass is 10.2. The molecule has 1 aromatic carbocycles. The number of hydrogen-bond donors (Lipinski definition) is 1. The van der Waals surface area contributed by atoms with Gasteiger partial charge in [0.25, 0.3) is 5.56 Å². The molecule has 0 saturated carbocycles. The van der Waals surface area contributed by atoms with Crippen LogP contribution in [0.25, 0.3) is 5.69 Å². The highest BCUT2D eigenvalue weighted by Crippen LogP contribution is 2.14. The quantitative estimate of drug-likeness (QED) is 0.738. The van der Waals surface area contributed by atoms with E-state index in [1.807, 2.05) is 38.1 Å². The molecule has 0 spiro atoms. The third kappa shape index (κ3) is 1.84. The van der Waals surface area contributed by atoms with Crippen LogP contribution in [0.15, 0.2) is 41.3 Å². The lowest BCUT2D eigenvalue weighted by Gasteiger charge is -2.08. The number of hydrogen-bond acceptors (Lipinski definition) is 2. The Morgan fingerprint density at radius 2 is 1.88 bits per heavy atom. The second-order valence-electron chi connectivity index (χ2n) is 3.95. The van der Waals surface area contributed by atoms with Crippen LogP contribution in [0.4, 0.5) is 5.69 Å². The van der Waals surface area contributed by atoms with E-state index in [0.29, 0.717) is 0 Å². The van der Waals surface area contributed by atoms with Crippen molar-refractivity contribution in [2.75, 3.05) is 5.73 Å². The minimum Gasteiger partial charge on any atom is -0.399 e. The molecule has 0 saturated heterocycles. The van der Waals surface area contributed by atoms with Gasteiger partial charge in [0.2, 0.25) is 0 Å². The van der Waals surface area contributed by atoms with Crippen LogP contribution in [0.3, 0.4) is 0 Å². The summed E-state index contributed by atoms with van der Waals surface area (Å²) in [5, 5.41) is 0. The number of benzene rings is 1. The van der Waals surface area contributed by atoms with Gasteiger partial charge >= 0.3 is 0 Å². The predicted molar refractivity (Wildman–Crippen MR) is 65.9 cm³/mol. The van der Waals surface area contributed by atoms with Gasteiger partial charge in [0.05, 0.1) is 0 Å². The molecule has 0 unspecified atom stereocenters. The van der Waals surface area contributed by atoms with Crippen molar-refractivity contribution in [1.29, 1.82) is 0 Å². The highest BCUT2D eigenvalue weighted by Gasteiger charge is 2.01. The van der Waals surface area contributed by atoms with E-state index in [1.165, 1.54) is 0 Å². The molecule has 0 aliphatic carbocycles. The predicted octanol–water partition coefficient (Wildman–Crippen LogP) is 2.04. The highest BCUT2D eigenvalue weighted by atomic mass is 16.1. The van der Waals surface area contributed by atoms with Crippen molar-refractivity contribution in [2.45, 2.75) is 13.8 Å². The van der Waals surface area contributed by atoms with Gasteiger partial charge < -0.3 is 5.73 Å². The Kier molecular flexibility index (Phi) is 2.52. The van der Waals surface area contributed by atoms with Crippen molar-refractivity contribution in [3.63, 3.8) is 0 Å². The van der Waals surface area contributed by atoms with Gasteiger partial charge in [-0.25, -0.2) is 0 Å². The van der Waals surface area contributed by atoms with Crippen molar-refractivity contribution in [1.82, 2.24) is 4.57 Å². The minimum absolute atomic E-state index is 0.0239. The van der Waals surface area contributed by atoms with Gasteiger partial charge in [-0.3, -0.25) is 9.36 Å². The van der Waals surface area contributed by atoms with Gasteiger partial charge in [-0.15, -0.1) is 0 Å². The zero-order chi connectivity index (χ0) is 11.7. The number of nitrogens with two attached hydrogens (primary N) is 1. The number of aromatic nitrogens is 1. The van der Waals surface area contributed by atoms with Gasteiger partial charge in [0.15, 0.2) is 0 Å². The van der Waals surface area contributed by atoms with Crippen LogP contribution in [-0.2, 0) is 0 Å². The second kappa shape index (κ2) is 3.85. The summed E-state index contributed by atoms with van der Waals surface area (Å²) in [4.78, 5) is 11.8. The third-order valence-corrected chi connectivity index (χ3v) is 2.61. The number of pyridine rings is 1. The molecule has 3 nitrogen and oxygen atoms in total. The fourth-order valence-corrected chi connectivity index (χ4v) is 1.60. The summed E-state index contributed by atoms with van der Waals surface area (Å²) in [5.41, 5.74) is 9.24. The summed E-state index contributed by atoms with van der Waals surface area (Å²) in [7, 11) is 0. The lowest BCUT2D eigenvalue weighted by molar-refractivity contribution is 0.980. The Morgan fingerprint density at radius 3 is 2.50 bits per heavy atom. The normalized spacial score (nSPS) is 10.4. The molecular weight excluding hydrogens is 200 g/mol. The molecule has 3 heteroatoms. The van der Waals surface area contributed by atoms with Gasteiger partial charge in [0, 0.05) is 23.6 Å². The van der Waals surface area contributed by atoms with Crippen LogP contribution in [0.5, 0.6) is 0 Å². The molecule has 1 heterocycles. The average molecular weight is 214 g/mol. The third-order valence-electron chi connectivity index (χ3n) is 2.61. The topological polar surface area (TPSA) is 48.0 Å². The molecule has 2 aromatic rings. The molecule has 1 aromatic heterocycles. The fourth-order valence-electron chi connectivity index (χ4n) is 1.60. The SMILES string of the molecule is Cc1ccn(-c2ccc(N)c(C)c2)c(=O)c1. The van der Waals surface area contributed by atoms with Crippen LogP contribution in [-0.4, -0.2) is 4.57 Å². The maximum atomic E-state index is 11.8. The van der Waals surface area contributed by atoms with Crippen molar-refractivity contribution in [3.05, 3.63) is 58.0 Å². The van der Waals surface area contributed by atoms with Crippen molar-refractivity contribution >= 4 is 5.69 Å². The van der Waals surface area contributed by atoms with E-state index in [0.717, 1.165) is 22.5 Å². The number of nitrogen functional groups attached to an aromatic ring is 1. The van der Waals surface area contributed by atoms with E-state index in [9.17, 15) is 4.79 Å². The molecule has 82 valence electrons. The molecule has 2 rings (SSSR count). The first-order valence-electron chi connectivity index (χ1n) is 5.14. The molecule has 0 bridgehead atoms. The van der Waals surface area contributed by atoms with Crippen LogP contribution in [0.1, 0.15) is 11.1 Å². The zero-order valence-electron chi connectivity index (χ0n) is 9.40. The maximum Gasteiger partial charge on any atom is 0.255 e. The molecule has 0 amide bonds. The summed E-state index contributed by atoms with van der Waals surface area (Å²) < 4.78 is 1.61. The number of anilines is 1. The Morgan fingerprint density at radius 1 is 1.12 bits per heavy atom. The van der Waals surface area contributed by atoms with E-state index in [-0.39, 0.29) is 5.56 Å². The molecular formula is C13H14N2O. The Balaban J connectivity index is 2.59. The van der Waals surface area contributed by atoms with Gasteiger partial charge in [-0.1, -0.05) is 0 Å². The largest absolute Gasteiger partial charge is 0.399 e. The summed E-state index contributed by atoms with van der Waals surface area (Å²) >= 11 is 0. The van der Waals surface area contributed by atoms with Gasteiger partial charge in [-0.2, -0.15) is 0 Å². The molecule has 0 aliphatic heterocycles. The molecule has 0 fully saturated rings. The summed E-state index contributed by atoms with van der Waals surface area (Å²) in [5.74, 6) is 0. The Labute approximate surface area is 94.1 Å². The van der Waals surface area contributed by atoms with E-state index in [2.05, 4.69) is 0 Å². The Bertz CT molecular complexity index is 585. The van der Waals surface area contributed by atoms with Crippen LogP contribution in [0, 0.1) is 13.8 Å². The van der Waals surface area contributed by atoms with Gasteiger partial charge in [-0.05, 0) is 49.2 Å². The van der Waals surface area contributed by atoms with Crippen LogP contribution >= 0.6 is 0 Å². The first-order valence-corrected chi connectivity index (χ1v) is 5.14. The summed E-state index contributed by atoms with van der Waals surface area (Å²) in [6.07, 6.45) is 1.78. The number of rotatable bonds is 1. The summed E-state index contributed by atoms with van der Waals surface area (Å²) in [6.45, 7) is 3.83. The highest BCUT2D eigenvalue weighted by molar-refractivity contribution is 5.52. The number of nitrogens with zero attached hydrogens (tertiary/aromatic N) is 1. The van der Waals surface area contributed by atoms with Crippen molar-refractivity contribution < 1.29 is 0 Å². The van der Waals surface area contributed by atoms with Crippen molar-refractivity contribution in [2.24, 2.45) is 0 Å². The van der Waals surface area contributed by atoms with E-state index in [4.69, 9.17) is 5.73 Å². The second-order valence-corrected chi connectivity index (χ2v) is 3.95. The van der Waals surface area contributed by atoms with E-state index in [1.54, 1.807) is 16.8 Å². The van der Waals surface area contributed by atoms with E-state index < -0.39 is 0 Å². The minimum atomic E-state index is -0.0239. The first kappa shape index (κ1) is 10.5. The van der Waals surface area contributed by atoms with Crippen molar-refractivity contribution in [3.8, 4) is 5.69 Å². The lowest BCUT2D eigenvalue weighted by Crippen LogP contribution is -2.16. The van der Waals surface area contributed by atoms with Gasteiger partial charge in [0.1, 0.15) is 0 Å². The maximum absolute atomic E-state index is 11.8. The van der Waals surface area contributed by atoms with Crippen LogP contribution < -0.4 is 11.3 Å². The van der Waals surface area contributed by atoms with E-state index >= 15 is 0 Å². The number of aryl methyl sites for hydroxylation is 2. The monoisotopic (exact) mass is 214 g/mol. The standard InChI is InChI=1S/C13H14N2O/c1-9-5-6-15(13(16)7-9)11-3-4-12(14)10(2)8-11/h3-8H,14H2,1-2H3.